The first-order valence-corrected chi connectivity index (χ1v) is 6.74. The maximum absolute atomic E-state index is 11.9. The van der Waals surface area contributed by atoms with Crippen LogP contribution in [0.2, 0.25) is 0 Å². The van der Waals surface area contributed by atoms with Crippen LogP contribution in [0, 0.1) is 11.3 Å². The number of aromatic amines is 1. The van der Waals surface area contributed by atoms with Crippen molar-refractivity contribution in [1.29, 1.82) is 5.26 Å². The molecule has 0 unspecified atom stereocenters. The Bertz CT molecular complexity index is 769. The molecule has 1 aromatic carbocycles. The third-order valence-corrected chi connectivity index (χ3v) is 3.18. The van der Waals surface area contributed by atoms with Gasteiger partial charge in [0.05, 0.1) is 6.07 Å². The molecule has 21 heavy (non-hydrogen) atoms. The van der Waals surface area contributed by atoms with Crippen LogP contribution >= 0.6 is 0 Å². The molecule has 0 aliphatic rings. The lowest BCUT2D eigenvalue weighted by Crippen LogP contribution is -2.42. The summed E-state index contributed by atoms with van der Waals surface area (Å²) in [6, 6.07) is 11.3. The van der Waals surface area contributed by atoms with Crippen LogP contribution in [0.4, 0.5) is 0 Å². The van der Waals surface area contributed by atoms with Crippen molar-refractivity contribution >= 4 is 16.8 Å². The molecule has 0 fully saturated rings. The Morgan fingerprint density at radius 2 is 2.10 bits per heavy atom. The summed E-state index contributed by atoms with van der Waals surface area (Å²) in [6.07, 6.45) is 0.514. The van der Waals surface area contributed by atoms with E-state index in [-0.39, 0.29) is 17.9 Å². The summed E-state index contributed by atoms with van der Waals surface area (Å²) in [4.78, 5) is 26.5. The van der Waals surface area contributed by atoms with Crippen LogP contribution in [0.15, 0.2) is 35.1 Å². The van der Waals surface area contributed by atoms with Crippen LogP contribution in [-0.4, -0.2) is 16.4 Å². The second kappa shape index (κ2) is 5.80. The number of carbonyl (C=O) groups excluding carboxylic acids is 1. The molecule has 0 saturated carbocycles. The number of hydrogen-bond donors (Lipinski definition) is 2. The molecule has 2 N–H and O–H groups in total. The molecule has 0 bridgehead atoms. The maximum Gasteiger partial charge on any atom is 0.251 e. The molecular weight excluding hydrogens is 266 g/mol. The van der Waals surface area contributed by atoms with Crippen LogP contribution in [0.3, 0.4) is 0 Å². The molecule has 0 saturated heterocycles. The zero-order valence-corrected chi connectivity index (χ0v) is 12.1. The van der Waals surface area contributed by atoms with Crippen molar-refractivity contribution in [1.82, 2.24) is 10.3 Å². The molecule has 1 aromatic heterocycles. The van der Waals surface area contributed by atoms with Gasteiger partial charge in [-0.1, -0.05) is 18.2 Å². The molecule has 0 atom stereocenters. The summed E-state index contributed by atoms with van der Waals surface area (Å²) in [5.41, 5.74) is 0.272. The number of nitrogens with one attached hydrogen (secondary N) is 2. The zero-order valence-electron chi connectivity index (χ0n) is 12.1. The summed E-state index contributed by atoms with van der Waals surface area (Å²) in [7, 11) is 0. The van der Waals surface area contributed by atoms with Crippen molar-refractivity contribution < 1.29 is 4.79 Å². The molecule has 2 rings (SSSR count). The van der Waals surface area contributed by atoms with Gasteiger partial charge in [0, 0.05) is 17.5 Å². The minimum Gasteiger partial charge on any atom is -0.338 e. The SMILES string of the molecule is CC(C)(C#N)NC(=O)CCc1cc2ccccc2[nH]c1=O. The summed E-state index contributed by atoms with van der Waals surface area (Å²) in [5, 5.41) is 12.4. The van der Waals surface area contributed by atoms with Gasteiger partial charge < -0.3 is 10.3 Å². The fraction of sp³-hybridized carbons (Fsp3) is 0.312. The number of hydrogen-bond acceptors (Lipinski definition) is 3. The Kier molecular flexibility index (Phi) is 4.08. The van der Waals surface area contributed by atoms with Crippen molar-refractivity contribution in [2.24, 2.45) is 0 Å². The molecular formula is C16H17N3O2. The topological polar surface area (TPSA) is 85.8 Å². The number of nitriles is 1. The van der Waals surface area contributed by atoms with Crippen LogP contribution in [0.1, 0.15) is 25.8 Å². The number of benzene rings is 1. The summed E-state index contributed by atoms with van der Waals surface area (Å²) in [6.45, 7) is 3.27. The fourth-order valence-corrected chi connectivity index (χ4v) is 2.07. The smallest absolute Gasteiger partial charge is 0.251 e. The highest BCUT2D eigenvalue weighted by atomic mass is 16.1. The first kappa shape index (κ1) is 14.8. The average molecular weight is 283 g/mol. The van der Waals surface area contributed by atoms with Gasteiger partial charge in [-0.15, -0.1) is 0 Å². The van der Waals surface area contributed by atoms with E-state index in [2.05, 4.69) is 10.3 Å². The number of aromatic nitrogens is 1. The lowest BCUT2D eigenvalue weighted by Gasteiger charge is -2.17. The number of H-pyrrole nitrogens is 1. The molecule has 0 aliphatic carbocycles. The Morgan fingerprint density at radius 3 is 2.81 bits per heavy atom. The Balaban J connectivity index is 2.11. The molecule has 5 nitrogen and oxygen atoms in total. The third-order valence-electron chi connectivity index (χ3n) is 3.18. The summed E-state index contributed by atoms with van der Waals surface area (Å²) >= 11 is 0. The third kappa shape index (κ3) is 3.69. The number of fused-ring (bicyclic) bond motifs is 1. The van der Waals surface area contributed by atoms with Gasteiger partial charge in [-0.05, 0) is 37.8 Å². The minimum absolute atomic E-state index is 0.173. The molecule has 108 valence electrons. The van der Waals surface area contributed by atoms with Crippen molar-refractivity contribution in [2.45, 2.75) is 32.2 Å². The minimum atomic E-state index is -0.896. The molecule has 5 heteroatoms. The molecule has 1 amide bonds. The van der Waals surface area contributed by atoms with Crippen LogP contribution in [-0.2, 0) is 11.2 Å². The monoisotopic (exact) mass is 283 g/mol. The summed E-state index contributed by atoms with van der Waals surface area (Å²) < 4.78 is 0. The quantitative estimate of drug-likeness (QED) is 0.898. The molecule has 0 aliphatic heterocycles. The highest BCUT2D eigenvalue weighted by Gasteiger charge is 2.19. The largest absolute Gasteiger partial charge is 0.338 e. The lowest BCUT2D eigenvalue weighted by molar-refractivity contribution is -0.122. The van der Waals surface area contributed by atoms with Crippen molar-refractivity contribution in [3.63, 3.8) is 0 Å². The van der Waals surface area contributed by atoms with Crippen LogP contribution < -0.4 is 10.9 Å². The first-order chi connectivity index (χ1) is 9.91. The Hall–Kier alpha value is -2.61. The van der Waals surface area contributed by atoms with Crippen LogP contribution in [0.5, 0.6) is 0 Å². The van der Waals surface area contributed by atoms with Gasteiger partial charge in [-0.25, -0.2) is 0 Å². The zero-order chi connectivity index (χ0) is 15.5. The number of rotatable bonds is 4. The van der Waals surface area contributed by atoms with E-state index in [1.54, 1.807) is 19.9 Å². The number of para-hydroxylation sites is 1. The first-order valence-electron chi connectivity index (χ1n) is 6.74. The number of carbonyl (C=O) groups is 1. The van der Waals surface area contributed by atoms with E-state index >= 15 is 0 Å². The van der Waals surface area contributed by atoms with E-state index in [4.69, 9.17) is 5.26 Å². The van der Waals surface area contributed by atoms with Gasteiger partial charge in [0.15, 0.2) is 0 Å². The fourth-order valence-electron chi connectivity index (χ4n) is 2.07. The Morgan fingerprint density at radius 1 is 1.38 bits per heavy atom. The number of nitrogens with zero attached hydrogens (tertiary/aromatic N) is 1. The van der Waals surface area contributed by atoms with Gasteiger partial charge in [-0.2, -0.15) is 5.26 Å². The predicted molar refractivity (Wildman–Crippen MR) is 80.7 cm³/mol. The average Bonchev–Trinajstić information content (AvgIpc) is 2.44. The molecule has 0 radical (unpaired) electrons. The second-order valence-electron chi connectivity index (χ2n) is 5.50. The molecule has 1 heterocycles. The molecule has 0 spiro atoms. The van der Waals surface area contributed by atoms with E-state index in [1.165, 1.54) is 0 Å². The van der Waals surface area contributed by atoms with Gasteiger partial charge in [0.1, 0.15) is 5.54 Å². The summed E-state index contributed by atoms with van der Waals surface area (Å²) in [5.74, 6) is -0.242. The van der Waals surface area contributed by atoms with Crippen molar-refractivity contribution in [3.8, 4) is 6.07 Å². The van der Waals surface area contributed by atoms with E-state index in [0.717, 1.165) is 10.9 Å². The highest BCUT2D eigenvalue weighted by molar-refractivity contribution is 5.79. The van der Waals surface area contributed by atoms with E-state index in [0.29, 0.717) is 12.0 Å². The highest BCUT2D eigenvalue weighted by Crippen LogP contribution is 2.11. The second-order valence-corrected chi connectivity index (χ2v) is 5.50. The van der Waals surface area contributed by atoms with Crippen molar-refractivity contribution in [2.75, 3.05) is 0 Å². The molecule has 2 aromatic rings. The van der Waals surface area contributed by atoms with Gasteiger partial charge >= 0.3 is 0 Å². The number of pyridine rings is 1. The predicted octanol–water partition coefficient (Wildman–Crippen LogP) is 1.88. The van der Waals surface area contributed by atoms with E-state index in [1.807, 2.05) is 30.3 Å². The maximum atomic E-state index is 11.9. The Labute approximate surface area is 122 Å². The van der Waals surface area contributed by atoms with Gasteiger partial charge in [0.2, 0.25) is 5.91 Å². The standard InChI is InChI=1S/C16H17N3O2/c1-16(2,10-17)19-14(20)8-7-12-9-11-5-3-4-6-13(11)18-15(12)21/h3-6,9H,7-8H2,1-2H3,(H,18,21)(H,19,20). The number of amides is 1. The van der Waals surface area contributed by atoms with Crippen LogP contribution in [0.25, 0.3) is 10.9 Å². The van der Waals surface area contributed by atoms with Gasteiger partial charge in [-0.3, -0.25) is 9.59 Å². The van der Waals surface area contributed by atoms with E-state index in [9.17, 15) is 9.59 Å². The lowest BCUT2D eigenvalue weighted by atomic mass is 10.1. The number of aryl methyl sites for hydroxylation is 1. The van der Waals surface area contributed by atoms with Crippen molar-refractivity contribution in [3.05, 3.63) is 46.2 Å². The van der Waals surface area contributed by atoms with Gasteiger partial charge in [0.25, 0.3) is 5.56 Å². The normalized spacial score (nSPS) is 11.1. The van der Waals surface area contributed by atoms with E-state index < -0.39 is 5.54 Å².